The molecule has 2 aromatic rings. The van der Waals surface area contributed by atoms with E-state index < -0.39 is 6.61 Å². The minimum Gasteiger partial charge on any atom is -0.434 e. The zero-order valence-electron chi connectivity index (χ0n) is 17.1. The van der Waals surface area contributed by atoms with Gasteiger partial charge in [-0.1, -0.05) is 23.7 Å². The molecule has 0 spiro atoms. The van der Waals surface area contributed by atoms with Crippen molar-refractivity contribution in [2.75, 3.05) is 38.0 Å². The number of amides is 2. The summed E-state index contributed by atoms with van der Waals surface area (Å²) in [6.07, 6.45) is 0.247. The lowest BCUT2D eigenvalue weighted by Crippen LogP contribution is -2.49. The summed E-state index contributed by atoms with van der Waals surface area (Å²) in [6, 6.07) is 12.6. The van der Waals surface area contributed by atoms with Crippen molar-refractivity contribution in [3.8, 4) is 11.8 Å². The van der Waals surface area contributed by atoms with Gasteiger partial charge in [0.05, 0.1) is 16.1 Å². The maximum absolute atomic E-state index is 12.7. The molecule has 1 saturated heterocycles. The standard InChI is InChI=1S/C22H21ClF2N4O3/c23-18-13-16(6-5-15(18)14-26)27-20(30)7-8-28-9-11-29(12-10-28)21(31)17-3-1-2-4-19(17)32-22(24)25/h1-6,13,22H,7-12H2,(H,27,30). The Morgan fingerprint density at radius 3 is 2.53 bits per heavy atom. The summed E-state index contributed by atoms with van der Waals surface area (Å²) in [5.41, 5.74) is 0.946. The highest BCUT2D eigenvalue weighted by Gasteiger charge is 2.25. The van der Waals surface area contributed by atoms with E-state index in [1.807, 2.05) is 6.07 Å². The van der Waals surface area contributed by atoms with Crippen molar-refractivity contribution in [3.63, 3.8) is 0 Å². The van der Waals surface area contributed by atoms with Crippen LogP contribution in [0.4, 0.5) is 14.5 Å². The van der Waals surface area contributed by atoms with Crippen molar-refractivity contribution >= 4 is 29.1 Å². The summed E-state index contributed by atoms with van der Waals surface area (Å²) in [5, 5.41) is 11.9. The fraction of sp³-hybridized carbons (Fsp3) is 0.318. The number of nitrogens with one attached hydrogen (secondary N) is 1. The first kappa shape index (κ1) is 23.4. The number of anilines is 1. The maximum atomic E-state index is 12.7. The molecule has 0 unspecified atom stereocenters. The molecule has 0 aromatic heterocycles. The van der Waals surface area contributed by atoms with Crippen molar-refractivity contribution in [2.45, 2.75) is 13.0 Å². The van der Waals surface area contributed by atoms with Gasteiger partial charge >= 0.3 is 6.61 Å². The number of carbonyl (C=O) groups excluding carboxylic acids is 2. The molecule has 0 bridgehead atoms. The number of nitrogens with zero attached hydrogens (tertiary/aromatic N) is 3. The van der Waals surface area contributed by atoms with Gasteiger partial charge < -0.3 is 15.0 Å². The van der Waals surface area contributed by atoms with Crippen molar-refractivity contribution in [1.29, 1.82) is 5.26 Å². The van der Waals surface area contributed by atoms with Crippen LogP contribution in [0, 0.1) is 11.3 Å². The van der Waals surface area contributed by atoms with Gasteiger partial charge in [0.25, 0.3) is 5.91 Å². The zero-order chi connectivity index (χ0) is 23.1. The third-order valence-corrected chi connectivity index (χ3v) is 5.33. The van der Waals surface area contributed by atoms with Crippen molar-refractivity contribution in [2.24, 2.45) is 0 Å². The second-order valence-electron chi connectivity index (χ2n) is 7.11. The summed E-state index contributed by atoms with van der Waals surface area (Å²) in [6.45, 7) is -0.571. The van der Waals surface area contributed by atoms with Crippen LogP contribution in [0.2, 0.25) is 5.02 Å². The number of rotatable bonds is 7. The first-order chi connectivity index (χ1) is 15.4. The quantitative estimate of drug-likeness (QED) is 0.679. The minimum absolute atomic E-state index is 0.0988. The molecule has 1 aliphatic heterocycles. The van der Waals surface area contributed by atoms with Crippen molar-refractivity contribution in [3.05, 3.63) is 58.6 Å². The van der Waals surface area contributed by atoms with Gasteiger partial charge in [0.1, 0.15) is 11.8 Å². The topological polar surface area (TPSA) is 85.7 Å². The summed E-state index contributed by atoms with van der Waals surface area (Å²) < 4.78 is 29.6. The number of hydrogen-bond donors (Lipinski definition) is 1. The van der Waals surface area contributed by atoms with Gasteiger partial charge in [-0.15, -0.1) is 0 Å². The van der Waals surface area contributed by atoms with Gasteiger partial charge in [-0.3, -0.25) is 14.5 Å². The number of halogens is 3. The second kappa shape index (κ2) is 10.9. The van der Waals surface area contributed by atoms with Gasteiger partial charge in [0.2, 0.25) is 5.91 Å². The maximum Gasteiger partial charge on any atom is 0.387 e. The van der Waals surface area contributed by atoms with Crippen molar-refractivity contribution < 1.29 is 23.1 Å². The predicted molar refractivity (Wildman–Crippen MR) is 115 cm³/mol. The van der Waals surface area contributed by atoms with Crippen LogP contribution in [0.15, 0.2) is 42.5 Å². The highest BCUT2D eigenvalue weighted by Crippen LogP contribution is 2.23. The number of ether oxygens (including phenoxy) is 1. The molecular weight excluding hydrogens is 442 g/mol. The van der Waals surface area contributed by atoms with E-state index in [0.717, 1.165) is 0 Å². The van der Waals surface area contributed by atoms with E-state index >= 15 is 0 Å². The lowest BCUT2D eigenvalue weighted by Gasteiger charge is -2.34. The van der Waals surface area contributed by atoms with Crippen LogP contribution in [0.1, 0.15) is 22.3 Å². The normalized spacial score (nSPS) is 14.2. The summed E-state index contributed by atoms with van der Waals surface area (Å²) >= 11 is 5.97. The minimum atomic E-state index is -3.01. The zero-order valence-corrected chi connectivity index (χ0v) is 17.8. The van der Waals surface area contributed by atoms with Gasteiger partial charge in [0.15, 0.2) is 0 Å². The molecule has 1 heterocycles. The van der Waals surface area contributed by atoms with E-state index in [4.69, 9.17) is 16.9 Å². The van der Waals surface area contributed by atoms with E-state index in [1.165, 1.54) is 24.3 Å². The Bertz CT molecular complexity index is 1020. The molecule has 1 fully saturated rings. The Hall–Kier alpha value is -3.22. The van der Waals surface area contributed by atoms with E-state index in [-0.39, 0.29) is 34.6 Å². The number of hydrogen-bond acceptors (Lipinski definition) is 5. The van der Waals surface area contributed by atoms with Crippen LogP contribution in [0.5, 0.6) is 5.75 Å². The average molecular weight is 463 g/mol. The number of para-hydroxylation sites is 1. The molecule has 3 rings (SSSR count). The van der Waals surface area contributed by atoms with Crippen molar-refractivity contribution in [1.82, 2.24) is 9.80 Å². The Morgan fingerprint density at radius 1 is 1.16 bits per heavy atom. The Balaban J connectivity index is 1.47. The smallest absolute Gasteiger partial charge is 0.387 e. The van der Waals surface area contributed by atoms with E-state index in [2.05, 4.69) is 15.0 Å². The van der Waals surface area contributed by atoms with Crippen LogP contribution in [0.3, 0.4) is 0 Å². The highest BCUT2D eigenvalue weighted by molar-refractivity contribution is 6.32. The molecule has 7 nitrogen and oxygen atoms in total. The van der Waals surface area contributed by atoms with Crippen LogP contribution in [0.25, 0.3) is 0 Å². The molecule has 32 heavy (non-hydrogen) atoms. The molecular formula is C22H21ClF2N4O3. The SMILES string of the molecule is N#Cc1ccc(NC(=O)CCN2CCN(C(=O)c3ccccc3OC(F)F)CC2)cc1Cl. The molecule has 1 N–H and O–H groups in total. The molecule has 2 aromatic carbocycles. The summed E-state index contributed by atoms with van der Waals surface area (Å²) in [7, 11) is 0. The molecule has 1 aliphatic rings. The van der Waals surface area contributed by atoms with Gasteiger partial charge in [-0.2, -0.15) is 14.0 Å². The first-order valence-electron chi connectivity index (χ1n) is 9.92. The lowest BCUT2D eigenvalue weighted by molar-refractivity contribution is -0.116. The largest absolute Gasteiger partial charge is 0.434 e. The highest BCUT2D eigenvalue weighted by atomic mass is 35.5. The third-order valence-electron chi connectivity index (χ3n) is 5.02. The van der Waals surface area contributed by atoms with Crippen LogP contribution in [-0.4, -0.2) is 60.9 Å². The van der Waals surface area contributed by atoms with Crippen LogP contribution in [-0.2, 0) is 4.79 Å². The molecule has 0 atom stereocenters. The van der Waals surface area contributed by atoms with Crippen LogP contribution < -0.4 is 10.1 Å². The number of benzene rings is 2. The molecule has 0 saturated carbocycles. The molecule has 0 aliphatic carbocycles. The molecule has 168 valence electrons. The number of alkyl halides is 2. The molecule has 2 amide bonds. The first-order valence-corrected chi connectivity index (χ1v) is 10.3. The fourth-order valence-corrected chi connectivity index (χ4v) is 3.58. The Labute approximate surface area is 189 Å². The predicted octanol–water partition coefficient (Wildman–Crippen LogP) is 3.60. The number of nitriles is 1. The average Bonchev–Trinajstić information content (AvgIpc) is 2.78. The van der Waals surface area contributed by atoms with Gasteiger partial charge in [0, 0.05) is 44.8 Å². The summed E-state index contributed by atoms with van der Waals surface area (Å²) in [4.78, 5) is 28.6. The van der Waals surface area contributed by atoms with Gasteiger partial charge in [-0.25, -0.2) is 0 Å². The lowest BCUT2D eigenvalue weighted by atomic mass is 10.1. The second-order valence-corrected chi connectivity index (χ2v) is 7.52. The number of piperazine rings is 1. The molecule has 10 heteroatoms. The Morgan fingerprint density at radius 2 is 1.88 bits per heavy atom. The Kier molecular flexibility index (Phi) is 7.98. The third kappa shape index (κ3) is 6.15. The van der Waals surface area contributed by atoms with Gasteiger partial charge in [-0.05, 0) is 30.3 Å². The fourth-order valence-electron chi connectivity index (χ4n) is 3.35. The number of carbonyl (C=O) groups is 2. The summed E-state index contributed by atoms with van der Waals surface area (Å²) in [5.74, 6) is -0.701. The monoisotopic (exact) mass is 462 g/mol. The van der Waals surface area contributed by atoms with E-state index in [9.17, 15) is 18.4 Å². The van der Waals surface area contributed by atoms with Crippen LogP contribution >= 0.6 is 11.6 Å². The molecule has 0 radical (unpaired) electrons. The van der Waals surface area contributed by atoms with E-state index in [1.54, 1.807) is 23.1 Å². The van der Waals surface area contributed by atoms with E-state index in [0.29, 0.717) is 44.0 Å².